The van der Waals surface area contributed by atoms with Crippen molar-refractivity contribution in [3.8, 4) is 0 Å². The first-order valence-corrected chi connectivity index (χ1v) is 5.24. The lowest BCUT2D eigenvalue weighted by atomic mass is 10.4. The van der Waals surface area contributed by atoms with Crippen LogP contribution in [0.1, 0.15) is 0 Å². The number of hydrogen-bond donors (Lipinski definition) is 0. The van der Waals surface area contributed by atoms with Gasteiger partial charge in [0.1, 0.15) is 16.5 Å². The highest BCUT2D eigenvalue weighted by molar-refractivity contribution is 7.99. The molecule has 1 aromatic carbocycles. The molecule has 2 aromatic rings. The summed E-state index contributed by atoms with van der Waals surface area (Å²) in [5, 5.41) is 1.33. The quantitative estimate of drug-likeness (QED) is 0.730. The van der Waals surface area contributed by atoms with E-state index in [1.807, 2.05) is 30.3 Å². The minimum absolute atomic E-state index is 0.471. The lowest BCUT2D eigenvalue weighted by Crippen LogP contribution is -1.82. The Balaban J connectivity index is 2.19. The number of rotatable bonds is 2. The van der Waals surface area contributed by atoms with Crippen LogP contribution in [0.2, 0.25) is 5.15 Å². The molecule has 0 aliphatic rings. The maximum absolute atomic E-state index is 5.75. The highest BCUT2D eigenvalue weighted by atomic mass is 35.5. The van der Waals surface area contributed by atoms with E-state index in [2.05, 4.69) is 9.97 Å². The molecule has 0 aliphatic heterocycles. The molecular weight excluding hydrogens is 216 g/mol. The van der Waals surface area contributed by atoms with Gasteiger partial charge in [0, 0.05) is 11.0 Å². The minimum atomic E-state index is 0.471. The van der Waals surface area contributed by atoms with E-state index in [9.17, 15) is 0 Å². The molecule has 0 amide bonds. The van der Waals surface area contributed by atoms with E-state index in [4.69, 9.17) is 11.6 Å². The molecule has 2 nitrogen and oxygen atoms in total. The van der Waals surface area contributed by atoms with Crippen molar-refractivity contribution < 1.29 is 0 Å². The standard InChI is InChI=1S/C10H7ClN2S/c11-9-6-10(13-7-12-9)14-8-4-2-1-3-5-8/h1-7H. The summed E-state index contributed by atoms with van der Waals surface area (Å²) in [5.74, 6) is 0. The summed E-state index contributed by atoms with van der Waals surface area (Å²) < 4.78 is 0. The second kappa shape index (κ2) is 4.44. The summed E-state index contributed by atoms with van der Waals surface area (Å²) in [7, 11) is 0. The van der Waals surface area contributed by atoms with Gasteiger partial charge in [-0.3, -0.25) is 0 Å². The van der Waals surface area contributed by atoms with Gasteiger partial charge in [-0.25, -0.2) is 9.97 Å². The van der Waals surface area contributed by atoms with Crippen molar-refractivity contribution in [1.82, 2.24) is 9.97 Å². The zero-order chi connectivity index (χ0) is 9.80. The monoisotopic (exact) mass is 222 g/mol. The average Bonchev–Trinajstić information content (AvgIpc) is 2.19. The highest BCUT2D eigenvalue weighted by Crippen LogP contribution is 2.25. The molecule has 0 N–H and O–H groups in total. The summed E-state index contributed by atoms with van der Waals surface area (Å²) in [6.07, 6.45) is 1.47. The first-order valence-electron chi connectivity index (χ1n) is 4.05. The van der Waals surface area contributed by atoms with Crippen molar-refractivity contribution in [2.24, 2.45) is 0 Å². The summed E-state index contributed by atoms with van der Waals surface area (Å²) in [5.41, 5.74) is 0. The van der Waals surface area contributed by atoms with E-state index in [-0.39, 0.29) is 0 Å². The Morgan fingerprint density at radius 3 is 2.57 bits per heavy atom. The Bertz CT molecular complexity index is 419. The topological polar surface area (TPSA) is 25.8 Å². The second-order valence-corrected chi connectivity index (χ2v) is 4.08. The summed E-state index contributed by atoms with van der Waals surface area (Å²) in [6.45, 7) is 0. The maximum atomic E-state index is 5.75. The van der Waals surface area contributed by atoms with Gasteiger partial charge >= 0.3 is 0 Å². The molecule has 0 saturated carbocycles. The van der Waals surface area contributed by atoms with E-state index in [0.717, 1.165) is 9.92 Å². The lowest BCUT2D eigenvalue weighted by molar-refractivity contribution is 1.05. The molecule has 4 heteroatoms. The van der Waals surface area contributed by atoms with Crippen LogP contribution in [0.15, 0.2) is 52.6 Å². The summed E-state index contributed by atoms with van der Waals surface area (Å²) in [4.78, 5) is 9.07. The summed E-state index contributed by atoms with van der Waals surface area (Å²) >= 11 is 7.31. The van der Waals surface area contributed by atoms with Gasteiger partial charge in [0.25, 0.3) is 0 Å². The third-order valence-corrected chi connectivity index (χ3v) is 2.72. The second-order valence-electron chi connectivity index (χ2n) is 2.59. The Kier molecular flexibility index (Phi) is 3.01. The Hall–Kier alpha value is -1.06. The van der Waals surface area contributed by atoms with E-state index >= 15 is 0 Å². The average molecular weight is 223 g/mol. The number of halogens is 1. The molecule has 70 valence electrons. The smallest absolute Gasteiger partial charge is 0.133 e. The maximum Gasteiger partial charge on any atom is 0.133 e. The molecule has 0 radical (unpaired) electrons. The van der Waals surface area contributed by atoms with Crippen LogP contribution in [-0.2, 0) is 0 Å². The zero-order valence-corrected chi connectivity index (χ0v) is 8.79. The van der Waals surface area contributed by atoms with Crippen LogP contribution in [0.25, 0.3) is 0 Å². The van der Waals surface area contributed by atoms with E-state index < -0.39 is 0 Å². The van der Waals surface area contributed by atoms with Crippen molar-refractivity contribution >= 4 is 23.4 Å². The normalized spacial score (nSPS) is 10.1. The van der Waals surface area contributed by atoms with Gasteiger partial charge in [-0.2, -0.15) is 0 Å². The van der Waals surface area contributed by atoms with Gasteiger partial charge in [0.05, 0.1) is 0 Å². The SMILES string of the molecule is Clc1cc(Sc2ccccc2)ncn1. The number of hydrogen-bond acceptors (Lipinski definition) is 3. The fourth-order valence-corrected chi connectivity index (χ4v) is 2.00. The van der Waals surface area contributed by atoms with Crippen molar-refractivity contribution in [3.05, 3.63) is 47.9 Å². The minimum Gasteiger partial charge on any atom is -0.230 e. The van der Waals surface area contributed by atoms with Crippen molar-refractivity contribution in [1.29, 1.82) is 0 Å². The van der Waals surface area contributed by atoms with Gasteiger partial charge < -0.3 is 0 Å². The Morgan fingerprint density at radius 1 is 1.07 bits per heavy atom. The van der Waals surface area contributed by atoms with Crippen LogP contribution >= 0.6 is 23.4 Å². The van der Waals surface area contributed by atoms with Crippen LogP contribution in [0, 0.1) is 0 Å². The van der Waals surface area contributed by atoms with Crippen LogP contribution in [0.5, 0.6) is 0 Å². The molecule has 0 atom stereocenters. The molecule has 0 fully saturated rings. The van der Waals surface area contributed by atoms with Gasteiger partial charge in [-0.05, 0) is 12.1 Å². The highest BCUT2D eigenvalue weighted by Gasteiger charge is 1.98. The molecule has 2 rings (SSSR count). The predicted octanol–water partition coefficient (Wildman–Crippen LogP) is 3.28. The Morgan fingerprint density at radius 2 is 1.86 bits per heavy atom. The first kappa shape index (κ1) is 9.49. The van der Waals surface area contributed by atoms with Gasteiger partial charge in [-0.1, -0.05) is 41.6 Å². The summed E-state index contributed by atoms with van der Waals surface area (Å²) in [6, 6.07) is 11.8. The molecular formula is C10H7ClN2S. The van der Waals surface area contributed by atoms with Gasteiger partial charge in [0.15, 0.2) is 0 Å². The third kappa shape index (κ3) is 2.47. The van der Waals surface area contributed by atoms with E-state index in [0.29, 0.717) is 5.15 Å². The predicted molar refractivity (Wildman–Crippen MR) is 57.6 cm³/mol. The van der Waals surface area contributed by atoms with E-state index in [1.165, 1.54) is 6.33 Å². The van der Waals surface area contributed by atoms with Crippen LogP contribution in [-0.4, -0.2) is 9.97 Å². The third-order valence-electron chi connectivity index (χ3n) is 1.57. The molecule has 0 aliphatic carbocycles. The lowest BCUT2D eigenvalue weighted by Gasteiger charge is -1.99. The van der Waals surface area contributed by atoms with Crippen LogP contribution in [0.4, 0.5) is 0 Å². The zero-order valence-electron chi connectivity index (χ0n) is 7.22. The number of aromatic nitrogens is 2. The van der Waals surface area contributed by atoms with Crippen molar-refractivity contribution in [2.75, 3.05) is 0 Å². The molecule has 0 saturated heterocycles. The van der Waals surface area contributed by atoms with E-state index in [1.54, 1.807) is 17.8 Å². The van der Waals surface area contributed by atoms with Crippen LogP contribution in [0.3, 0.4) is 0 Å². The van der Waals surface area contributed by atoms with Crippen molar-refractivity contribution in [2.45, 2.75) is 9.92 Å². The Labute approximate surface area is 91.4 Å². The largest absolute Gasteiger partial charge is 0.230 e. The van der Waals surface area contributed by atoms with Gasteiger partial charge in [0.2, 0.25) is 0 Å². The molecule has 1 aromatic heterocycles. The van der Waals surface area contributed by atoms with Crippen molar-refractivity contribution in [3.63, 3.8) is 0 Å². The number of benzene rings is 1. The molecule has 0 unspecified atom stereocenters. The fourth-order valence-electron chi connectivity index (χ4n) is 0.982. The molecule has 14 heavy (non-hydrogen) atoms. The van der Waals surface area contributed by atoms with Crippen LogP contribution < -0.4 is 0 Å². The van der Waals surface area contributed by atoms with Gasteiger partial charge in [-0.15, -0.1) is 0 Å². The molecule has 0 spiro atoms. The fraction of sp³-hybridized carbons (Fsp3) is 0. The first-order chi connectivity index (χ1) is 6.84. The molecule has 0 bridgehead atoms. The molecule has 1 heterocycles. The number of nitrogens with zero attached hydrogens (tertiary/aromatic N) is 2.